The van der Waals surface area contributed by atoms with E-state index in [1.54, 1.807) is 0 Å². The molecule has 5 rings (SSSR count). The number of carbonyl (C=O) groups excluding carboxylic acids is 1. The minimum Gasteiger partial charge on any atom is -0.336 e. The second-order valence-electron chi connectivity index (χ2n) is 9.67. The maximum absolute atomic E-state index is 13.7. The van der Waals surface area contributed by atoms with E-state index in [0.717, 1.165) is 29.6 Å². The molecule has 1 aliphatic rings. The van der Waals surface area contributed by atoms with Crippen LogP contribution in [-0.2, 0) is 17.8 Å². The quantitative estimate of drug-likeness (QED) is 0.372. The largest absolute Gasteiger partial charge is 0.336 e. The zero-order valence-electron chi connectivity index (χ0n) is 20.6. The van der Waals surface area contributed by atoms with Gasteiger partial charge in [-0.25, -0.2) is 0 Å². The number of H-pyrrole nitrogens is 1. The number of pyridine rings is 1. The van der Waals surface area contributed by atoms with E-state index in [1.807, 2.05) is 71.6 Å². The average Bonchev–Trinajstić information content (AvgIpc) is 2.92. The van der Waals surface area contributed by atoms with Gasteiger partial charge in [0.15, 0.2) is 0 Å². The second kappa shape index (κ2) is 11.4. The highest BCUT2D eigenvalue weighted by Crippen LogP contribution is 2.27. The SMILES string of the molecule is O=C(Cc1ccccc1)N(Cc1cc2ccccc2[nH]c1=O)CC(c1ccccc1)N1CCCCC1. The van der Waals surface area contributed by atoms with Gasteiger partial charge in [0.05, 0.1) is 19.0 Å². The number of rotatable bonds is 8. The first-order valence-corrected chi connectivity index (χ1v) is 12.9. The van der Waals surface area contributed by atoms with Crippen LogP contribution in [0, 0.1) is 0 Å². The average molecular weight is 480 g/mol. The van der Waals surface area contributed by atoms with Gasteiger partial charge < -0.3 is 9.88 Å². The molecule has 3 aromatic carbocycles. The summed E-state index contributed by atoms with van der Waals surface area (Å²) in [5.41, 5.74) is 3.48. The Bertz CT molecular complexity index is 1340. The van der Waals surface area contributed by atoms with Crippen molar-refractivity contribution in [2.45, 2.75) is 38.3 Å². The summed E-state index contributed by atoms with van der Waals surface area (Å²) < 4.78 is 0. The van der Waals surface area contributed by atoms with Crippen LogP contribution in [0.25, 0.3) is 10.9 Å². The van der Waals surface area contributed by atoms with E-state index in [0.29, 0.717) is 18.5 Å². The number of benzene rings is 3. The lowest BCUT2D eigenvalue weighted by Crippen LogP contribution is -2.43. The Hall–Kier alpha value is -3.70. The number of aromatic nitrogens is 1. The third-order valence-corrected chi connectivity index (χ3v) is 7.15. The molecule has 4 aromatic rings. The van der Waals surface area contributed by atoms with E-state index in [9.17, 15) is 9.59 Å². The molecule has 2 heterocycles. The molecule has 0 spiro atoms. The van der Waals surface area contributed by atoms with Gasteiger partial charge in [0, 0.05) is 17.6 Å². The summed E-state index contributed by atoms with van der Waals surface area (Å²) in [6.07, 6.45) is 3.91. The Morgan fingerprint density at radius 1 is 0.861 bits per heavy atom. The van der Waals surface area contributed by atoms with Crippen LogP contribution >= 0.6 is 0 Å². The minimum atomic E-state index is -0.138. The predicted molar refractivity (Wildman–Crippen MR) is 145 cm³/mol. The highest BCUT2D eigenvalue weighted by Gasteiger charge is 2.27. The van der Waals surface area contributed by atoms with Crippen molar-refractivity contribution in [1.82, 2.24) is 14.8 Å². The third kappa shape index (κ3) is 5.74. The Morgan fingerprint density at radius 3 is 2.28 bits per heavy atom. The minimum absolute atomic E-state index is 0.0340. The fourth-order valence-electron chi connectivity index (χ4n) is 5.20. The lowest BCUT2D eigenvalue weighted by atomic mass is 10.0. The summed E-state index contributed by atoms with van der Waals surface area (Å²) in [5.74, 6) is 0.0340. The molecule has 1 fully saturated rings. The van der Waals surface area contributed by atoms with E-state index < -0.39 is 0 Å². The van der Waals surface area contributed by atoms with Crippen LogP contribution in [0.2, 0.25) is 0 Å². The Kier molecular flexibility index (Phi) is 7.58. The van der Waals surface area contributed by atoms with Gasteiger partial charge in [-0.05, 0) is 54.6 Å². The molecule has 5 heteroatoms. The molecule has 5 nitrogen and oxygen atoms in total. The number of amides is 1. The molecule has 0 aliphatic carbocycles. The normalized spacial score (nSPS) is 15.0. The summed E-state index contributed by atoms with van der Waals surface area (Å²) in [5, 5.41) is 0.971. The molecular formula is C31H33N3O2. The van der Waals surface area contributed by atoms with E-state index >= 15 is 0 Å². The lowest BCUT2D eigenvalue weighted by Gasteiger charge is -2.38. The van der Waals surface area contributed by atoms with Gasteiger partial charge in [-0.3, -0.25) is 14.5 Å². The van der Waals surface area contributed by atoms with Crippen molar-refractivity contribution in [3.8, 4) is 0 Å². The number of likely N-dealkylation sites (tertiary alicyclic amines) is 1. The Labute approximate surface area is 212 Å². The van der Waals surface area contributed by atoms with Gasteiger partial charge in [0.25, 0.3) is 5.56 Å². The van der Waals surface area contributed by atoms with Crippen LogP contribution < -0.4 is 5.56 Å². The predicted octanol–water partition coefficient (Wildman–Crippen LogP) is 5.33. The van der Waals surface area contributed by atoms with Crippen molar-refractivity contribution in [3.63, 3.8) is 0 Å². The van der Waals surface area contributed by atoms with Crippen LogP contribution in [0.4, 0.5) is 0 Å². The molecule has 0 bridgehead atoms. The van der Waals surface area contributed by atoms with Gasteiger partial charge in [-0.15, -0.1) is 0 Å². The summed E-state index contributed by atoms with van der Waals surface area (Å²) >= 11 is 0. The first-order valence-electron chi connectivity index (χ1n) is 12.9. The molecule has 1 aromatic heterocycles. The Morgan fingerprint density at radius 2 is 1.53 bits per heavy atom. The van der Waals surface area contributed by atoms with Crippen molar-refractivity contribution >= 4 is 16.8 Å². The van der Waals surface area contributed by atoms with E-state index in [4.69, 9.17) is 0 Å². The molecule has 0 saturated carbocycles. The highest BCUT2D eigenvalue weighted by molar-refractivity contribution is 5.80. The number of para-hydroxylation sites is 1. The van der Waals surface area contributed by atoms with Crippen molar-refractivity contribution in [2.24, 2.45) is 0 Å². The zero-order chi connectivity index (χ0) is 24.7. The molecule has 1 saturated heterocycles. The third-order valence-electron chi connectivity index (χ3n) is 7.15. The van der Waals surface area contributed by atoms with Crippen molar-refractivity contribution in [3.05, 3.63) is 118 Å². The van der Waals surface area contributed by atoms with Crippen molar-refractivity contribution < 1.29 is 4.79 Å². The van der Waals surface area contributed by atoms with Gasteiger partial charge in [-0.2, -0.15) is 0 Å². The fraction of sp³-hybridized carbons (Fsp3) is 0.290. The summed E-state index contributed by atoms with van der Waals surface area (Å²) in [6, 6.07) is 30.1. The summed E-state index contributed by atoms with van der Waals surface area (Å²) in [7, 11) is 0. The number of hydrogen-bond donors (Lipinski definition) is 1. The van der Waals surface area contributed by atoms with Gasteiger partial charge in [0.2, 0.25) is 5.91 Å². The molecule has 1 amide bonds. The van der Waals surface area contributed by atoms with Crippen LogP contribution in [0.15, 0.2) is 95.8 Å². The number of carbonyl (C=O) groups is 1. The zero-order valence-corrected chi connectivity index (χ0v) is 20.6. The van der Waals surface area contributed by atoms with Gasteiger partial charge in [0.1, 0.15) is 0 Å². The topological polar surface area (TPSA) is 56.4 Å². The first kappa shape index (κ1) is 24.0. The standard InChI is InChI=1S/C31H33N3O2/c35-30(20-24-12-4-1-5-13-24)34(22-27-21-26-16-8-9-17-28(26)32-31(27)36)23-29(25-14-6-2-7-15-25)33-18-10-3-11-19-33/h1-2,4-9,12-17,21,29H,3,10-11,18-20,22-23H2,(H,32,36). The molecule has 184 valence electrons. The number of nitrogens with zero attached hydrogens (tertiary/aromatic N) is 2. The highest BCUT2D eigenvalue weighted by atomic mass is 16.2. The van der Waals surface area contributed by atoms with Crippen molar-refractivity contribution in [1.29, 1.82) is 0 Å². The number of piperidine rings is 1. The van der Waals surface area contributed by atoms with Gasteiger partial charge >= 0.3 is 0 Å². The maximum atomic E-state index is 13.7. The molecule has 1 N–H and O–H groups in total. The fourth-order valence-corrected chi connectivity index (χ4v) is 5.20. The van der Waals surface area contributed by atoms with Crippen LogP contribution in [0.5, 0.6) is 0 Å². The lowest BCUT2D eigenvalue weighted by molar-refractivity contribution is -0.132. The molecule has 1 aliphatic heterocycles. The van der Waals surface area contributed by atoms with E-state index in [1.165, 1.54) is 24.8 Å². The number of aromatic amines is 1. The molecule has 1 atom stereocenters. The van der Waals surface area contributed by atoms with Crippen LogP contribution in [0.1, 0.15) is 42.0 Å². The van der Waals surface area contributed by atoms with E-state index in [2.05, 4.69) is 34.1 Å². The molecule has 1 unspecified atom stereocenters. The maximum Gasteiger partial charge on any atom is 0.253 e. The number of hydrogen-bond acceptors (Lipinski definition) is 3. The summed E-state index contributed by atoms with van der Waals surface area (Å²) in [4.78, 5) is 34.1. The molecular weight excluding hydrogens is 446 g/mol. The first-order chi connectivity index (χ1) is 17.7. The van der Waals surface area contributed by atoms with Crippen molar-refractivity contribution in [2.75, 3.05) is 19.6 Å². The molecule has 0 radical (unpaired) electrons. The summed E-state index contributed by atoms with van der Waals surface area (Å²) in [6.45, 7) is 2.87. The van der Waals surface area contributed by atoms with Gasteiger partial charge in [-0.1, -0.05) is 85.3 Å². The van der Waals surface area contributed by atoms with E-state index in [-0.39, 0.29) is 24.1 Å². The van der Waals surface area contributed by atoms with Crippen LogP contribution in [-0.4, -0.2) is 40.3 Å². The number of nitrogens with one attached hydrogen (secondary N) is 1. The second-order valence-corrected chi connectivity index (χ2v) is 9.67. The molecule has 36 heavy (non-hydrogen) atoms. The monoisotopic (exact) mass is 479 g/mol. The Balaban J connectivity index is 1.48. The smallest absolute Gasteiger partial charge is 0.253 e. The van der Waals surface area contributed by atoms with Crippen LogP contribution in [0.3, 0.4) is 0 Å². The number of fused-ring (bicyclic) bond motifs is 1.